The van der Waals surface area contributed by atoms with Crippen LogP contribution in [0.4, 0.5) is 0 Å². The molecule has 0 bridgehead atoms. The molecule has 0 aromatic heterocycles. The van der Waals surface area contributed by atoms with E-state index in [0.717, 1.165) is 0 Å². The molecule has 2 heterocycles. The average molecular weight is 539 g/mol. The first-order chi connectivity index (χ1) is 17.0. The summed E-state index contributed by atoms with van der Waals surface area (Å²) in [5, 5.41) is 92.9. The highest BCUT2D eigenvalue weighted by molar-refractivity contribution is 5.21. The fourth-order valence-corrected chi connectivity index (χ4v) is 5.38. The minimum Gasteiger partial charge on any atom is -0.389 e. The van der Waals surface area contributed by atoms with Crippen molar-refractivity contribution in [3.05, 3.63) is 12.2 Å². The maximum Gasteiger partial charge on any atom is 0.186 e. The number of aliphatic hydroxyl groups excluding tert-OH is 7. The van der Waals surface area contributed by atoms with E-state index < -0.39 is 90.7 Å². The van der Waals surface area contributed by atoms with E-state index in [9.17, 15) is 46.0 Å². The van der Waals surface area contributed by atoms with Gasteiger partial charge in [-0.2, -0.15) is 0 Å². The molecular weight excluding hydrogens is 496 g/mol. The molecule has 13 heteroatoms. The fourth-order valence-electron chi connectivity index (χ4n) is 5.38. The van der Waals surface area contributed by atoms with Gasteiger partial charge >= 0.3 is 0 Å². The maximum atomic E-state index is 11.4. The van der Waals surface area contributed by atoms with E-state index in [-0.39, 0.29) is 19.4 Å². The third-order valence-electron chi connectivity index (χ3n) is 7.71. The van der Waals surface area contributed by atoms with Gasteiger partial charge in [-0.3, -0.25) is 0 Å². The van der Waals surface area contributed by atoms with Crippen LogP contribution in [0.3, 0.4) is 0 Å². The van der Waals surface area contributed by atoms with Crippen molar-refractivity contribution >= 4 is 0 Å². The van der Waals surface area contributed by atoms with Gasteiger partial charge in [0, 0.05) is 11.8 Å². The van der Waals surface area contributed by atoms with Crippen LogP contribution in [0.15, 0.2) is 12.2 Å². The Morgan fingerprint density at radius 3 is 2.11 bits per heavy atom. The van der Waals surface area contributed by atoms with Crippen molar-refractivity contribution < 1.29 is 64.9 Å². The van der Waals surface area contributed by atoms with E-state index in [1.54, 1.807) is 13.8 Å². The summed E-state index contributed by atoms with van der Waals surface area (Å²) in [5.41, 5.74) is -4.37. The zero-order valence-electron chi connectivity index (χ0n) is 21.5. The molecule has 0 aromatic rings. The fraction of sp³-hybridized carbons (Fsp3) is 0.917. The van der Waals surface area contributed by atoms with Crippen molar-refractivity contribution in [3.63, 3.8) is 0 Å². The Labute approximate surface area is 215 Å². The highest BCUT2D eigenvalue weighted by Gasteiger charge is 2.60. The van der Waals surface area contributed by atoms with E-state index in [0.29, 0.717) is 0 Å². The Bertz CT molecular complexity index is 769. The third-order valence-corrected chi connectivity index (χ3v) is 7.71. The predicted molar refractivity (Wildman–Crippen MR) is 125 cm³/mol. The molecule has 0 amide bonds. The lowest BCUT2D eigenvalue weighted by molar-refractivity contribution is -0.337. The van der Waals surface area contributed by atoms with Gasteiger partial charge in [-0.05, 0) is 20.3 Å². The highest BCUT2D eigenvalue weighted by Crippen LogP contribution is 2.51. The van der Waals surface area contributed by atoms with E-state index in [4.69, 9.17) is 18.9 Å². The van der Waals surface area contributed by atoms with Gasteiger partial charge in [-0.1, -0.05) is 26.0 Å². The molecule has 0 aromatic carbocycles. The minimum absolute atomic E-state index is 0.0776. The molecule has 2 aliphatic heterocycles. The molecule has 13 atom stereocenters. The lowest BCUT2D eigenvalue weighted by Crippen LogP contribution is -2.66. The third kappa shape index (κ3) is 6.19. The number of hydrogen-bond acceptors (Lipinski definition) is 13. The van der Waals surface area contributed by atoms with Crippen LogP contribution in [0.5, 0.6) is 0 Å². The molecular formula is C24H42O13. The van der Waals surface area contributed by atoms with Gasteiger partial charge in [0.05, 0.1) is 31.0 Å². The predicted octanol–water partition coefficient (Wildman–Crippen LogP) is -3.13. The molecule has 0 unspecified atom stereocenters. The average Bonchev–Trinajstić information content (AvgIpc) is 2.80. The smallest absolute Gasteiger partial charge is 0.186 e. The molecule has 37 heavy (non-hydrogen) atoms. The number of ether oxygens (including phenoxy) is 4. The Morgan fingerprint density at radius 1 is 0.892 bits per heavy atom. The van der Waals surface area contributed by atoms with Crippen molar-refractivity contribution in [3.8, 4) is 0 Å². The second-order valence-corrected chi connectivity index (χ2v) is 11.3. The van der Waals surface area contributed by atoms with E-state index in [1.165, 1.54) is 26.0 Å². The van der Waals surface area contributed by atoms with Crippen molar-refractivity contribution in [2.75, 3.05) is 13.2 Å². The zero-order valence-corrected chi connectivity index (χ0v) is 21.5. The van der Waals surface area contributed by atoms with Crippen LogP contribution in [0.1, 0.15) is 40.5 Å². The van der Waals surface area contributed by atoms with Gasteiger partial charge in [0.1, 0.15) is 48.3 Å². The lowest BCUT2D eigenvalue weighted by Gasteiger charge is -2.56. The Morgan fingerprint density at radius 2 is 1.51 bits per heavy atom. The summed E-state index contributed by atoms with van der Waals surface area (Å²) in [6.45, 7) is 5.68. The molecule has 0 spiro atoms. The maximum absolute atomic E-state index is 11.4. The van der Waals surface area contributed by atoms with Gasteiger partial charge in [0.15, 0.2) is 12.6 Å². The van der Waals surface area contributed by atoms with E-state index >= 15 is 0 Å². The Kier molecular flexibility index (Phi) is 9.45. The summed E-state index contributed by atoms with van der Waals surface area (Å²) >= 11 is 0. The first-order valence-corrected chi connectivity index (χ1v) is 12.5. The van der Waals surface area contributed by atoms with Crippen LogP contribution < -0.4 is 0 Å². The second kappa shape index (κ2) is 11.4. The largest absolute Gasteiger partial charge is 0.389 e. The van der Waals surface area contributed by atoms with Crippen LogP contribution in [0.25, 0.3) is 0 Å². The molecule has 3 rings (SSSR count). The molecule has 0 radical (unpaired) electrons. The van der Waals surface area contributed by atoms with Crippen LogP contribution in [0.2, 0.25) is 0 Å². The Balaban J connectivity index is 1.68. The number of hydrogen-bond donors (Lipinski definition) is 9. The number of rotatable bonds is 7. The number of aliphatic hydroxyl groups is 9. The van der Waals surface area contributed by atoms with Gasteiger partial charge in [-0.15, -0.1) is 0 Å². The molecule has 3 aliphatic rings. The van der Waals surface area contributed by atoms with E-state index in [1.807, 2.05) is 0 Å². The summed E-state index contributed by atoms with van der Waals surface area (Å²) in [6, 6.07) is 0. The SMILES string of the molecule is C[C@@H](O)/C=C/[C@@]1(O)C(C)(C)C[C@H](O[C@@H]2O[C@H](CO[C@@H]3OC[C@@H](O)[C@H](O)[C@H]3O)[C@@H](O)[C@H](O)[C@H]2O)C[C@@]1(C)O. The molecule has 1 saturated carbocycles. The van der Waals surface area contributed by atoms with Gasteiger partial charge in [0.2, 0.25) is 0 Å². The summed E-state index contributed by atoms with van der Waals surface area (Å²) in [6.07, 6.45) is -12.0. The van der Waals surface area contributed by atoms with Crippen LogP contribution in [-0.2, 0) is 18.9 Å². The molecule has 1 aliphatic carbocycles. The first kappa shape index (κ1) is 30.8. The van der Waals surface area contributed by atoms with Gasteiger partial charge in [0.25, 0.3) is 0 Å². The summed E-state index contributed by atoms with van der Waals surface area (Å²) in [4.78, 5) is 0. The highest BCUT2D eigenvalue weighted by atomic mass is 16.7. The summed E-state index contributed by atoms with van der Waals surface area (Å²) < 4.78 is 22.2. The molecule has 3 fully saturated rings. The van der Waals surface area contributed by atoms with Gasteiger partial charge in [-0.25, -0.2) is 0 Å². The van der Waals surface area contributed by atoms with Gasteiger partial charge < -0.3 is 64.9 Å². The molecule has 9 N–H and O–H groups in total. The second-order valence-electron chi connectivity index (χ2n) is 11.3. The van der Waals surface area contributed by atoms with Crippen LogP contribution in [-0.4, -0.2) is 138 Å². The van der Waals surface area contributed by atoms with E-state index in [2.05, 4.69) is 0 Å². The Hall–Kier alpha value is -0.780. The first-order valence-electron chi connectivity index (χ1n) is 12.5. The molecule has 216 valence electrons. The van der Waals surface area contributed by atoms with Crippen molar-refractivity contribution in [2.24, 2.45) is 5.41 Å². The minimum atomic E-state index is -1.71. The monoisotopic (exact) mass is 538 g/mol. The van der Waals surface area contributed by atoms with Crippen molar-refractivity contribution in [1.82, 2.24) is 0 Å². The summed E-state index contributed by atoms with van der Waals surface area (Å²) in [7, 11) is 0. The molecule has 2 saturated heterocycles. The lowest BCUT2D eigenvalue weighted by atomic mass is 9.57. The van der Waals surface area contributed by atoms with Crippen molar-refractivity contribution in [2.45, 2.75) is 119 Å². The van der Waals surface area contributed by atoms with Crippen LogP contribution in [0, 0.1) is 5.41 Å². The standard InChI is InChI=1S/C24H42O13/c1-11(25)5-6-24(33)22(2,3)7-12(8-23(24,4)32)36-21-19(31)17(29)16(28)14(37-21)10-35-20-18(30)15(27)13(26)9-34-20/h5-6,11-21,25-33H,7-10H2,1-4H3/b6-5+/t11-,12+,13-,14-,15+,16-,17+,18-,19-,20+,21-,23-,24-/m1/s1. The quantitative estimate of drug-likeness (QED) is 0.147. The topological polar surface area (TPSA) is 219 Å². The van der Waals surface area contributed by atoms with Crippen LogP contribution >= 0.6 is 0 Å². The normalized spacial score (nSPS) is 49.8. The zero-order chi connectivity index (χ0) is 27.9. The van der Waals surface area contributed by atoms with Crippen molar-refractivity contribution in [1.29, 1.82) is 0 Å². The molecule has 13 nitrogen and oxygen atoms in total. The summed E-state index contributed by atoms with van der Waals surface area (Å²) in [5.74, 6) is 0.